The Balaban J connectivity index is 2.97. The number of rotatable bonds is 6. The maximum absolute atomic E-state index is 11.3. The van der Waals surface area contributed by atoms with E-state index in [2.05, 4.69) is 4.74 Å². The van der Waals surface area contributed by atoms with Crippen LogP contribution in [0.4, 0.5) is 5.69 Å². The topological polar surface area (TPSA) is 90.2 Å². The molecule has 0 spiro atoms. The van der Waals surface area contributed by atoms with Gasteiger partial charge in [0, 0.05) is 24.8 Å². The number of phenols is 1. The highest BCUT2D eigenvalue weighted by Gasteiger charge is 2.14. The molecular weight excluding hydrogens is 238 g/mol. The van der Waals surface area contributed by atoms with Crippen LogP contribution in [-0.2, 0) is 4.74 Å². The first-order valence-electron chi connectivity index (χ1n) is 5.52. The maximum Gasteiger partial charge on any atom is 0.341 e. The van der Waals surface area contributed by atoms with Crippen molar-refractivity contribution < 1.29 is 24.9 Å². The number of phenolic OH excluding ortho intramolecular Hbond substituents is 1. The number of esters is 1. The minimum atomic E-state index is -0.616. The zero-order chi connectivity index (χ0) is 13.5. The van der Waals surface area contributed by atoms with Crippen molar-refractivity contribution in [3.8, 4) is 5.75 Å². The molecule has 0 bridgehead atoms. The van der Waals surface area contributed by atoms with Crippen LogP contribution in [0.1, 0.15) is 10.4 Å². The Morgan fingerprint density at radius 1 is 1.28 bits per heavy atom. The fraction of sp³-hybridized carbons (Fsp3) is 0.417. The summed E-state index contributed by atoms with van der Waals surface area (Å²) in [6, 6.07) is 4.47. The molecule has 1 aromatic carbocycles. The lowest BCUT2D eigenvalue weighted by molar-refractivity contribution is 0.0597. The average molecular weight is 255 g/mol. The normalized spacial score (nSPS) is 10.2. The minimum absolute atomic E-state index is 0.0699. The monoisotopic (exact) mass is 255 g/mol. The van der Waals surface area contributed by atoms with Crippen LogP contribution in [0, 0.1) is 0 Å². The second-order valence-corrected chi connectivity index (χ2v) is 3.63. The van der Waals surface area contributed by atoms with Gasteiger partial charge in [0.15, 0.2) is 0 Å². The summed E-state index contributed by atoms with van der Waals surface area (Å²) in [5.41, 5.74) is 0.692. The molecule has 0 aromatic heterocycles. The Bertz CT molecular complexity index is 401. The predicted molar refractivity (Wildman–Crippen MR) is 65.8 cm³/mol. The summed E-state index contributed by atoms with van der Waals surface area (Å²) >= 11 is 0. The van der Waals surface area contributed by atoms with Crippen molar-refractivity contribution in [2.75, 3.05) is 38.3 Å². The minimum Gasteiger partial charge on any atom is -0.507 e. The first kappa shape index (κ1) is 14.3. The highest BCUT2D eigenvalue weighted by molar-refractivity contribution is 5.92. The number of benzene rings is 1. The van der Waals surface area contributed by atoms with Crippen LogP contribution in [0.25, 0.3) is 0 Å². The molecule has 0 aliphatic heterocycles. The molecule has 0 unspecified atom stereocenters. The second kappa shape index (κ2) is 6.83. The third-order valence-electron chi connectivity index (χ3n) is 2.49. The Hall–Kier alpha value is -1.79. The molecule has 0 fully saturated rings. The molecule has 0 saturated carbocycles. The molecule has 0 aliphatic rings. The molecule has 0 radical (unpaired) electrons. The van der Waals surface area contributed by atoms with Crippen molar-refractivity contribution in [1.29, 1.82) is 0 Å². The van der Waals surface area contributed by atoms with Gasteiger partial charge >= 0.3 is 5.97 Å². The summed E-state index contributed by atoms with van der Waals surface area (Å²) in [5, 5.41) is 27.6. The Kier molecular flexibility index (Phi) is 5.41. The molecule has 3 N–H and O–H groups in total. The standard InChI is InChI=1S/C12H17NO5/c1-18-12(17)10-3-2-9(8-11(10)16)13(4-6-14)5-7-15/h2-3,8,14-16H,4-7H2,1H3. The van der Waals surface area contributed by atoms with Gasteiger partial charge in [-0.3, -0.25) is 0 Å². The number of nitrogens with zero attached hydrogens (tertiary/aromatic N) is 1. The average Bonchev–Trinajstić information content (AvgIpc) is 2.37. The van der Waals surface area contributed by atoms with Crippen LogP contribution in [0.3, 0.4) is 0 Å². The number of aromatic hydroxyl groups is 1. The summed E-state index contributed by atoms with van der Waals surface area (Å²) in [6.45, 7) is 0.522. The van der Waals surface area contributed by atoms with Gasteiger partial charge in [-0.15, -0.1) is 0 Å². The molecular formula is C12H17NO5. The number of hydrogen-bond donors (Lipinski definition) is 3. The van der Waals surface area contributed by atoms with Gasteiger partial charge in [0.1, 0.15) is 11.3 Å². The number of aliphatic hydroxyl groups is 2. The number of methoxy groups -OCH3 is 1. The second-order valence-electron chi connectivity index (χ2n) is 3.63. The molecule has 18 heavy (non-hydrogen) atoms. The van der Waals surface area contributed by atoms with Gasteiger partial charge in [0.25, 0.3) is 0 Å². The number of carbonyl (C=O) groups excluding carboxylic acids is 1. The first-order chi connectivity index (χ1) is 8.63. The first-order valence-corrected chi connectivity index (χ1v) is 5.52. The summed E-state index contributed by atoms with van der Waals surface area (Å²) < 4.78 is 4.52. The summed E-state index contributed by atoms with van der Waals surface area (Å²) in [4.78, 5) is 13.0. The zero-order valence-electron chi connectivity index (χ0n) is 10.2. The van der Waals surface area contributed by atoms with Gasteiger partial charge < -0.3 is 25.0 Å². The van der Waals surface area contributed by atoms with Gasteiger partial charge in [0.2, 0.25) is 0 Å². The van der Waals surface area contributed by atoms with Crippen LogP contribution in [0.5, 0.6) is 5.75 Å². The van der Waals surface area contributed by atoms with E-state index in [1.165, 1.54) is 19.2 Å². The smallest absolute Gasteiger partial charge is 0.341 e. The van der Waals surface area contributed by atoms with Crippen LogP contribution >= 0.6 is 0 Å². The van der Waals surface area contributed by atoms with E-state index >= 15 is 0 Å². The molecule has 0 amide bonds. The Morgan fingerprint density at radius 3 is 2.33 bits per heavy atom. The highest BCUT2D eigenvalue weighted by Crippen LogP contribution is 2.25. The molecule has 1 aromatic rings. The van der Waals surface area contributed by atoms with Crippen LogP contribution in [-0.4, -0.2) is 54.7 Å². The number of hydrogen-bond acceptors (Lipinski definition) is 6. The van der Waals surface area contributed by atoms with Gasteiger partial charge in [-0.1, -0.05) is 0 Å². The van der Waals surface area contributed by atoms with E-state index in [4.69, 9.17) is 10.2 Å². The van der Waals surface area contributed by atoms with Gasteiger partial charge in [-0.2, -0.15) is 0 Å². The lowest BCUT2D eigenvalue weighted by Gasteiger charge is -2.23. The van der Waals surface area contributed by atoms with Crippen molar-refractivity contribution in [1.82, 2.24) is 0 Å². The Labute approximate surface area is 105 Å². The zero-order valence-corrected chi connectivity index (χ0v) is 10.2. The van der Waals surface area contributed by atoms with E-state index in [-0.39, 0.29) is 24.5 Å². The molecule has 0 heterocycles. The molecule has 0 atom stereocenters. The third-order valence-corrected chi connectivity index (χ3v) is 2.49. The van der Waals surface area contributed by atoms with Gasteiger partial charge in [0.05, 0.1) is 20.3 Å². The molecule has 0 aliphatic carbocycles. The van der Waals surface area contributed by atoms with Crippen LogP contribution in [0.15, 0.2) is 18.2 Å². The summed E-state index contributed by atoms with van der Waals surface area (Å²) in [5.74, 6) is -0.810. The fourth-order valence-corrected chi connectivity index (χ4v) is 1.61. The third kappa shape index (κ3) is 3.35. The SMILES string of the molecule is COC(=O)c1ccc(N(CCO)CCO)cc1O. The van der Waals surface area contributed by atoms with Gasteiger partial charge in [-0.05, 0) is 12.1 Å². The van der Waals surface area contributed by atoms with Gasteiger partial charge in [-0.25, -0.2) is 4.79 Å². The largest absolute Gasteiger partial charge is 0.507 e. The van der Waals surface area contributed by atoms with E-state index in [0.717, 1.165) is 0 Å². The van der Waals surface area contributed by atoms with E-state index in [0.29, 0.717) is 18.8 Å². The molecule has 0 saturated heterocycles. The molecule has 6 nitrogen and oxygen atoms in total. The molecule has 1 rings (SSSR count). The molecule has 100 valence electrons. The van der Waals surface area contributed by atoms with Crippen molar-refractivity contribution >= 4 is 11.7 Å². The maximum atomic E-state index is 11.3. The highest BCUT2D eigenvalue weighted by atomic mass is 16.5. The predicted octanol–water partition coefficient (Wildman–Crippen LogP) is -0.0302. The lowest BCUT2D eigenvalue weighted by Crippen LogP contribution is -2.29. The summed E-state index contributed by atoms with van der Waals surface area (Å²) in [7, 11) is 1.24. The Morgan fingerprint density at radius 2 is 1.89 bits per heavy atom. The van der Waals surface area contributed by atoms with Crippen molar-refractivity contribution in [3.63, 3.8) is 0 Å². The summed E-state index contributed by atoms with van der Waals surface area (Å²) in [6.07, 6.45) is 0. The van der Waals surface area contributed by atoms with Crippen LogP contribution in [0.2, 0.25) is 0 Å². The van der Waals surface area contributed by atoms with E-state index in [1.807, 2.05) is 0 Å². The van der Waals surface area contributed by atoms with E-state index in [9.17, 15) is 9.90 Å². The fourth-order valence-electron chi connectivity index (χ4n) is 1.61. The van der Waals surface area contributed by atoms with E-state index < -0.39 is 5.97 Å². The molecule has 6 heteroatoms. The van der Waals surface area contributed by atoms with Crippen molar-refractivity contribution in [3.05, 3.63) is 23.8 Å². The van der Waals surface area contributed by atoms with Crippen molar-refractivity contribution in [2.24, 2.45) is 0 Å². The van der Waals surface area contributed by atoms with E-state index in [1.54, 1.807) is 11.0 Å². The lowest BCUT2D eigenvalue weighted by atomic mass is 10.1. The number of carbonyl (C=O) groups is 1. The number of aliphatic hydroxyl groups excluding tert-OH is 2. The number of anilines is 1. The quantitative estimate of drug-likeness (QED) is 0.618. The van der Waals surface area contributed by atoms with Crippen molar-refractivity contribution in [2.45, 2.75) is 0 Å². The van der Waals surface area contributed by atoms with Crippen LogP contribution < -0.4 is 4.90 Å². The number of ether oxygens (including phenoxy) is 1.